The highest BCUT2D eigenvalue weighted by molar-refractivity contribution is 4.91. The van der Waals surface area contributed by atoms with Crippen LogP contribution in [0.1, 0.15) is 26.1 Å². The summed E-state index contributed by atoms with van der Waals surface area (Å²) in [7, 11) is 0. The van der Waals surface area contributed by atoms with Crippen molar-refractivity contribution in [3.05, 3.63) is 18.2 Å². The van der Waals surface area contributed by atoms with E-state index in [0.717, 1.165) is 13.0 Å². The van der Waals surface area contributed by atoms with Crippen molar-refractivity contribution in [2.45, 2.75) is 33.2 Å². The summed E-state index contributed by atoms with van der Waals surface area (Å²) in [6.45, 7) is 5.35. The van der Waals surface area contributed by atoms with E-state index in [1.807, 2.05) is 12.4 Å². The third-order valence-corrected chi connectivity index (χ3v) is 1.62. The summed E-state index contributed by atoms with van der Waals surface area (Å²) in [4.78, 5) is 4.24. The van der Waals surface area contributed by atoms with Gasteiger partial charge in [0, 0.05) is 25.4 Å². The average Bonchev–Trinajstić information content (AvgIpc) is 2.36. The van der Waals surface area contributed by atoms with Gasteiger partial charge in [-0.3, -0.25) is 0 Å². The molecule has 0 amide bonds. The Morgan fingerprint density at radius 2 is 2.30 bits per heavy atom. The van der Waals surface area contributed by atoms with Gasteiger partial charge in [-0.2, -0.15) is 0 Å². The maximum atomic E-state index is 4.24. The molecule has 0 aliphatic heterocycles. The summed E-state index contributed by atoms with van der Waals surface area (Å²) >= 11 is 0. The summed E-state index contributed by atoms with van der Waals surface area (Å²) in [5.74, 6) is 1.21. The van der Waals surface area contributed by atoms with E-state index >= 15 is 0 Å². The number of hydrogen-bond donors (Lipinski definition) is 0. The second-order valence-corrected chi connectivity index (χ2v) is 2.38. The predicted octanol–water partition coefficient (Wildman–Crippen LogP) is 1.86. The molecule has 56 valence electrons. The van der Waals surface area contributed by atoms with Crippen LogP contribution in [0.5, 0.6) is 0 Å². The molecule has 0 unspecified atom stereocenters. The van der Waals surface area contributed by atoms with E-state index in [1.165, 1.54) is 12.2 Å². The fourth-order valence-corrected chi connectivity index (χ4v) is 1.08. The van der Waals surface area contributed by atoms with E-state index in [2.05, 4.69) is 23.4 Å². The zero-order valence-corrected chi connectivity index (χ0v) is 6.67. The van der Waals surface area contributed by atoms with Crippen LogP contribution in [0, 0.1) is 0 Å². The molecule has 10 heavy (non-hydrogen) atoms. The lowest BCUT2D eigenvalue weighted by Crippen LogP contribution is -1.99. The van der Waals surface area contributed by atoms with Crippen LogP contribution in [0.2, 0.25) is 0 Å². The SMILES string of the molecule is CCCc1nccn1CC. The molecule has 2 heteroatoms. The zero-order valence-electron chi connectivity index (χ0n) is 6.67. The molecule has 0 aliphatic rings. The lowest BCUT2D eigenvalue weighted by Gasteiger charge is -2.00. The highest BCUT2D eigenvalue weighted by Crippen LogP contribution is 1.99. The van der Waals surface area contributed by atoms with Crippen molar-refractivity contribution in [1.29, 1.82) is 0 Å². The van der Waals surface area contributed by atoms with Crippen LogP contribution in [-0.4, -0.2) is 9.55 Å². The van der Waals surface area contributed by atoms with E-state index in [-0.39, 0.29) is 0 Å². The third-order valence-electron chi connectivity index (χ3n) is 1.62. The molecule has 0 saturated heterocycles. The van der Waals surface area contributed by atoms with Gasteiger partial charge in [0.25, 0.3) is 0 Å². The van der Waals surface area contributed by atoms with Gasteiger partial charge < -0.3 is 4.57 Å². The third kappa shape index (κ3) is 1.38. The topological polar surface area (TPSA) is 17.8 Å². The lowest BCUT2D eigenvalue weighted by molar-refractivity contribution is 0.683. The highest BCUT2D eigenvalue weighted by Gasteiger charge is 1.96. The van der Waals surface area contributed by atoms with Gasteiger partial charge in [-0.15, -0.1) is 0 Å². The minimum atomic E-state index is 1.04. The molecule has 1 aromatic rings. The Morgan fingerprint density at radius 1 is 1.50 bits per heavy atom. The Morgan fingerprint density at radius 3 is 2.90 bits per heavy atom. The van der Waals surface area contributed by atoms with E-state index in [1.54, 1.807) is 0 Å². The Bertz CT molecular complexity index is 191. The predicted molar refractivity (Wildman–Crippen MR) is 41.9 cm³/mol. The van der Waals surface area contributed by atoms with E-state index in [0.29, 0.717) is 0 Å². The van der Waals surface area contributed by atoms with Crippen LogP contribution >= 0.6 is 0 Å². The van der Waals surface area contributed by atoms with Gasteiger partial charge in [0.2, 0.25) is 0 Å². The normalized spacial score (nSPS) is 10.2. The van der Waals surface area contributed by atoms with Crippen LogP contribution in [0.4, 0.5) is 0 Å². The molecule has 0 saturated carbocycles. The first-order valence-electron chi connectivity index (χ1n) is 3.88. The van der Waals surface area contributed by atoms with Crippen molar-refractivity contribution in [2.24, 2.45) is 0 Å². The first-order chi connectivity index (χ1) is 4.88. The first-order valence-corrected chi connectivity index (χ1v) is 3.88. The van der Waals surface area contributed by atoms with E-state index < -0.39 is 0 Å². The smallest absolute Gasteiger partial charge is 0.108 e. The van der Waals surface area contributed by atoms with E-state index in [4.69, 9.17) is 0 Å². The van der Waals surface area contributed by atoms with Crippen molar-refractivity contribution < 1.29 is 0 Å². The molecule has 0 bridgehead atoms. The Kier molecular flexibility index (Phi) is 2.49. The molecular formula is C8H14N2. The molecule has 1 heterocycles. The highest BCUT2D eigenvalue weighted by atomic mass is 15.0. The minimum absolute atomic E-state index is 1.04. The summed E-state index contributed by atoms with van der Waals surface area (Å²) in [5, 5.41) is 0. The molecule has 1 rings (SSSR count). The van der Waals surface area contributed by atoms with Crippen molar-refractivity contribution >= 4 is 0 Å². The molecular weight excluding hydrogens is 124 g/mol. The summed E-state index contributed by atoms with van der Waals surface area (Å²) in [6.07, 6.45) is 6.18. The number of nitrogens with zero attached hydrogens (tertiary/aromatic N) is 2. The van der Waals surface area contributed by atoms with Crippen molar-refractivity contribution in [3.63, 3.8) is 0 Å². The standard InChI is InChI=1S/C8H14N2/c1-3-5-8-9-6-7-10(8)4-2/h6-7H,3-5H2,1-2H3. The fourth-order valence-electron chi connectivity index (χ4n) is 1.08. The van der Waals surface area contributed by atoms with Gasteiger partial charge in [0.05, 0.1) is 0 Å². The molecule has 2 nitrogen and oxygen atoms in total. The van der Waals surface area contributed by atoms with Crippen molar-refractivity contribution in [3.8, 4) is 0 Å². The van der Waals surface area contributed by atoms with Crippen LogP contribution in [0.15, 0.2) is 12.4 Å². The summed E-state index contributed by atoms with van der Waals surface area (Å²) in [6, 6.07) is 0. The number of imidazole rings is 1. The van der Waals surface area contributed by atoms with Crippen LogP contribution in [0.3, 0.4) is 0 Å². The van der Waals surface area contributed by atoms with Crippen molar-refractivity contribution in [2.75, 3.05) is 0 Å². The Balaban J connectivity index is 2.70. The van der Waals surface area contributed by atoms with Gasteiger partial charge in [0.15, 0.2) is 0 Å². The monoisotopic (exact) mass is 138 g/mol. The lowest BCUT2D eigenvalue weighted by atomic mass is 10.3. The Hall–Kier alpha value is -0.790. The maximum Gasteiger partial charge on any atom is 0.108 e. The zero-order chi connectivity index (χ0) is 7.40. The minimum Gasteiger partial charge on any atom is -0.335 e. The molecule has 0 N–H and O–H groups in total. The van der Waals surface area contributed by atoms with Crippen LogP contribution in [0.25, 0.3) is 0 Å². The number of aromatic nitrogens is 2. The van der Waals surface area contributed by atoms with Gasteiger partial charge in [-0.1, -0.05) is 6.92 Å². The number of rotatable bonds is 3. The van der Waals surface area contributed by atoms with E-state index in [9.17, 15) is 0 Å². The van der Waals surface area contributed by atoms with Gasteiger partial charge in [-0.25, -0.2) is 4.98 Å². The Labute approximate surface area is 61.9 Å². The summed E-state index contributed by atoms with van der Waals surface area (Å²) in [5.41, 5.74) is 0. The average molecular weight is 138 g/mol. The molecule has 0 fully saturated rings. The largest absolute Gasteiger partial charge is 0.335 e. The first kappa shape index (κ1) is 7.32. The van der Waals surface area contributed by atoms with Gasteiger partial charge >= 0.3 is 0 Å². The van der Waals surface area contributed by atoms with Gasteiger partial charge in [-0.05, 0) is 13.3 Å². The van der Waals surface area contributed by atoms with Crippen LogP contribution in [-0.2, 0) is 13.0 Å². The fraction of sp³-hybridized carbons (Fsp3) is 0.625. The quantitative estimate of drug-likeness (QED) is 0.623. The molecule has 0 radical (unpaired) electrons. The molecule has 0 aromatic carbocycles. The summed E-state index contributed by atoms with van der Waals surface area (Å²) < 4.78 is 2.18. The molecule has 0 spiro atoms. The number of aryl methyl sites for hydroxylation is 2. The molecule has 1 aromatic heterocycles. The second kappa shape index (κ2) is 3.40. The maximum absolute atomic E-state index is 4.24. The molecule has 0 aliphatic carbocycles. The second-order valence-electron chi connectivity index (χ2n) is 2.38. The van der Waals surface area contributed by atoms with Gasteiger partial charge in [0.1, 0.15) is 5.82 Å². The molecule has 0 atom stereocenters. The van der Waals surface area contributed by atoms with Crippen LogP contribution < -0.4 is 0 Å². The van der Waals surface area contributed by atoms with Crippen molar-refractivity contribution in [1.82, 2.24) is 9.55 Å². The number of hydrogen-bond acceptors (Lipinski definition) is 1.